The molecule has 2 N–H and O–H groups in total. The summed E-state index contributed by atoms with van der Waals surface area (Å²) in [4.78, 5) is 12.1. The highest BCUT2D eigenvalue weighted by Crippen LogP contribution is 2.67. The van der Waals surface area contributed by atoms with Crippen LogP contribution in [0.25, 0.3) is 0 Å². The monoisotopic (exact) mass is 462 g/mol. The lowest BCUT2D eigenvalue weighted by molar-refractivity contribution is -0.117. The highest BCUT2D eigenvalue weighted by atomic mass is 16.6. The molecule has 0 radical (unpaired) electrons. The lowest BCUT2D eigenvalue weighted by atomic mass is 9.45. The van der Waals surface area contributed by atoms with Crippen LogP contribution < -0.4 is 0 Å². The van der Waals surface area contributed by atoms with E-state index in [0.717, 1.165) is 12.8 Å². The van der Waals surface area contributed by atoms with Crippen LogP contribution in [0, 0.1) is 40.4 Å². The molecule has 4 rings (SSSR count). The fourth-order valence-corrected chi connectivity index (χ4v) is 7.66. The number of carbonyl (C=O) groups excluding carboxylic acids is 1. The molecule has 0 spiro atoms. The molecule has 1 aliphatic heterocycles. The number of rotatable bonds is 6. The molecule has 190 valence electrons. The van der Waals surface area contributed by atoms with Crippen LogP contribution in [-0.2, 0) is 9.53 Å². The van der Waals surface area contributed by atoms with E-state index in [0.29, 0.717) is 48.5 Å². The molecule has 10 atom stereocenters. The Balaban J connectivity index is 0.00000149. The van der Waals surface area contributed by atoms with Crippen molar-refractivity contribution in [3.8, 4) is 0 Å². The van der Waals surface area contributed by atoms with Gasteiger partial charge in [0, 0.05) is 6.42 Å². The van der Waals surface area contributed by atoms with Crippen molar-refractivity contribution in [2.24, 2.45) is 40.4 Å². The third-order valence-corrected chi connectivity index (χ3v) is 10.6. The van der Waals surface area contributed by atoms with Gasteiger partial charge in [0.15, 0.2) is 5.78 Å². The lowest BCUT2D eigenvalue weighted by Gasteiger charge is -2.58. The number of hydrogen-bond acceptors (Lipinski definition) is 4. The van der Waals surface area contributed by atoms with Crippen molar-refractivity contribution in [2.75, 3.05) is 0 Å². The van der Waals surface area contributed by atoms with Gasteiger partial charge in [-0.3, -0.25) is 4.79 Å². The van der Waals surface area contributed by atoms with Gasteiger partial charge in [0.25, 0.3) is 0 Å². The Morgan fingerprint density at radius 1 is 1.18 bits per heavy atom. The Kier molecular flexibility index (Phi) is 7.65. The van der Waals surface area contributed by atoms with Gasteiger partial charge >= 0.3 is 0 Å². The number of aliphatic hydroxyl groups is 2. The van der Waals surface area contributed by atoms with Gasteiger partial charge in [0.2, 0.25) is 0 Å². The second kappa shape index (κ2) is 9.39. The zero-order chi connectivity index (χ0) is 24.9. The quantitative estimate of drug-likeness (QED) is 0.479. The highest BCUT2D eigenvalue weighted by molar-refractivity contribution is 5.92. The Labute approximate surface area is 202 Å². The van der Waals surface area contributed by atoms with Gasteiger partial charge in [-0.25, -0.2) is 0 Å². The van der Waals surface area contributed by atoms with Crippen molar-refractivity contribution >= 4 is 5.78 Å². The summed E-state index contributed by atoms with van der Waals surface area (Å²) in [5.41, 5.74) is 0.615. The maximum absolute atomic E-state index is 12.1. The van der Waals surface area contributed by atoms with Crippen LogP contribution in [0.5, 0.6) is 0 Å². The molecule has 0 aromatic rings. The van der Waals surface area contributed by atoms with E-state index in [1.807, 2.05) is 19.9 Å². The van der Waals surface area contributed by atoms with Gasteiger partial charge in [-0.1, -0.05) is 48.5 Å². The molecule has 3 aliphatic carbocycles. The molecule has 33 heavy (non-hydrogen) atoms. The first-order valence-corrected chi connectivity index (χ1v) is 13.6. The van der Waals surface area contributed by atoms with Crippen LogP contribution in [-0.4, -0.2) is 39.9 Å². The molecule has 4 aliphatic rings. The van der Waals surface area contributed by atoms with E-state index in [9.17, 15) is 15.0 Å². The predicted molar refractivity (Wildman–Crippen MR) is 134 cm³/mol. The highest BCUT2D eigenvalue weighted by Gasteiger charge is 2.67. The van der Waals surface area contributed by atoms with Crippen molar-refractivity contribution in [1.82, 2.24) is 0 Å². The summed E-state index contributed by atoms with van der Waals surface area (Å²) < 4.78 is 6.27. The van der Waals surface area contributed by atoms with Gasteiger partial charge in [0.05, 0.1) is 17.8 Å². The first-order chi connectivity index (χ1) is 15.3. The molecule has 0 amide bonds. The maximum Gasteiger partial charge on any atom is 0.155 e. The minimum absolute atomic E-state index is 0.123. The molecule has 0 bridgehead atoms. The summed E-state index contributed by atoms with van der Waals surface area (Å²) in [7, 11) is 0. The minimum atomic E-state index is -1.04. The van der Waals surface area contributed by atoms with Gasteiger partial charge in [-0.2, -0.15) is 0 Å². The summed E-state index contributed by atoms with van der Waals surface area (Å²) >= 11 is 0. The van der Waals surface area contributed by atoms with E-state index in [2.05, 4.69) is 34.6 Å². The molecular formula is C29H50O4. The van der Waals surface area contributed by atoms with E-state index >= 15 is 0 Å². The average Bonchev–Trinajstić information content (AvgIpc) is 3.55. The lowest BCUT2D eigenvalue weighted by Crippen LogP contribution is -2.55. The van der Waals surface area contributed by atoms with Gasteiger partial charge < -0.3 is 14.9 Å². The second-order valence-electron chi connectivity index (χ2n) is 12.5. The number of fused-ring (bicyclic) bond motifs is 6. The second-order valence-corrected chi connectivity index (χ2v) is 12.5. The Bertz CT molecular complexity index is 751. The molecule has 1 saturated heterocycles. The summed E-state index contributed by atoms with van der Waals surface area (Å²) in [6.45, 7) is 19.4. The number of hydrogen-bond donors (Lipinski definition) is 2. The SMILES string of the molecule is CC.CC([C@H](C)CCC(O)C(C)(C)O)C1(C)CC[C@H]2C(C3OC3C3=CC(=O)CCC32C)[C@@H]1C. The number of ether oxygens (including phenoxy) is 1. The van der Waals surface area contributed by atoms with E-state index in [1.165, 1.54) is 18.4 Å². The summed E-state index contributed by atoms with van der Waals surface area (Å²) in [5.74, 6) is 3.04. The van der Waals surface area contributed by atoms with Crippen LogP contribution in [0.2, 0.25) is 0 Å². The third kappa shape index (κ3) is 4.61. The van der Waals surface area contributed by atoms with Crippen molar-refractivity contribution < 1.29 is 19.7 Å². The molecule has 0 aromatic heterocycles. The van der Waals surface area contributed by atoms with Crippen molar-refractivity contribution in [3.63, 3.8) is 0 Å². The zero-order valence-electron chi connectivity index (χ0n) is 22.6. The molecule has 2 saturated carbocycles. The molecular weight excluding hydrogens is 412 g/mol. The number of epoxide rings is 1. The van der Waals surface area contributed by atoms with Crippen molar-refractivity contribution in [2.45, 2.75) is 125 Å². The summed E-state index contributed by atoms with van der Waals surface area (Å²) in [5, 5.41) is 20.4. The zero-order valence-corrected chi connectivity index (χ0v) is 22.6. The summed E-state index contributed by atoms with van der Waals surface area (Å²) in [6.07, 6.45) is 7.38. The number of aliphatic hydroxyl groups excluding tert-OH is 1. The molecule has 3 fully saturated rings. The standard InChI is InChI=1S/C27H44O4.C2H6/c1-15(8-9-21(29)25(4,5)30)16(2)26(6)13-11-19-22(17(26)3)24-23(31-24)20-14-18(28)10-12-27(19,20)7;1-2/h14-17,19,21-24,29-30H,8-13H2,1-7H3;1-2H3/t15-,16?,17+,19+,21?,22?,23?,24?,26?,27?;/m1./s1. The van der Waals surface area contributed by atoms with Crippen LogP contribution in [0.1, 0.15) is 101 Å². The largest absolute Gasteiger partial charge is 0.390 e. The topological polar surface area (TPSA) is 70.1 Å². The molecule has 1 heterocycles. The Morgan fingerprint density at radius 3 is 2.42 bits per heavy atom. The molecule has 0 aromatic carbocycles. The average molecular weight is 463 g/mol. The molecule has 4 nitrogen and oxygen atoms in total. The first kappa shape index (κ1) is 26.9. The smallest absolute Gasteiger partial charge is 0.155 e. The fraction of sp³-hybridized carbons (Fsp3) is 0.897. The predicted octanol–water partition coefficient (Wildman–Crippen LogP) is 5.94. The van der Waals surface area contributed by atoms with Crippen molar-refractivity contribution in [1.29, 1.82) is 0 Å². The van der Waals surface area contributed by atoms with E-state index < -0.39 is 11.7 Å². The van der Waals surface area contributed by atoms with Gasteiger partial charge in [0.1, 0.15) is 6.10 Å². The van der Waals surface area contributed by atoms with Crippen LogP contribution in [0.4, 0.5) is 0 Å². The van der Waals surface area contributed by atoms with Gasteiger partial charge in [-0.15, -0.1) is 0 Å². The molecule has 7 unspecified atom stereocenters. The van der Waals surface area contributed by atoms with Crippen LogP contribution in [0.3, 0.4) is 0 Å². The minimum Gasteiger partial charge on any atom is -0.390 e. The number of allylic oxidation sites excluding steroid dienone is 1. The third-order valence-electron chi connectivity index (χ3n) is 10.6. The van der Waals surface area contributed by atoms with E-state index in [-0.39, 0.29) is 22.7 Å². The summed E-state index contributed by atoms with van der Waals surface area (Å²) in [6, 6.07) is 0. The molecule has 4 heteroatoms. The van der Waals surface area contributed by atoms with Crippen LogP contribution in [0.15, 0.2) is 11.6 Å². The van der Waals surface area contributed by atoms with E-state index in [1.54, 1.807) is 13.8 Å². The maximum atomic E-state index is 12.1. The fourth-order valence-electron chi connectivity index (χ4n) is 7.66. The van der Waals surface area contributed by atoms with Gasteiger partial charge in [-0.05, 0) is 98.0 Å². The normalized spacial score (nSPS) is 42.5. The number of ketones is 1. The Hall–Kier alpha value is -0.710. The Morgan fingerprint density at radius 2 is 1.82 bits per heavy atom. The van der Waals surface area contributed by atoms with E-state index in [4.69, 9.17) is 4.74 Å². The number of carbonyl (C=O) groups is 1. The van der Waals surface area contributed by atoms with Crippen LogP contribution >= 0.6 is 0 Å². The first-order valence-electron chi connectivity index (χ1n) is 13.6. The van der Waals surface area contributed by atoms with Crippen molar-refractivity contribution in [3.05, 3.63) is 11.6 Å².